The number of hydrogen-bond acceptors (Lipinski definition) is 4. The lowest BCUT2D eigenvalue weighted by molar-refractivity contribution is -0.137. The highest BCUT2D eigenvalue weighted by Crippen LogP contribution is 2.40. The van der Waals surface area contributed by atoms with Gasteiger partial charge in [-0.25, -0.2) is 9.97 Å². The van der Waals surface area contributed by atoms with Crippen molar-refractivity contribution in [1.29, 1.82) is 0 Å². The molecule has 0 saturated carbocycles. The third-order valence-electron chi connectivity index (χ3n) is 4.38. The van der Waals surface area contributed by atoms with Crippen molar-refractivity contribution >= 4 is 33.1 Å². The molecule has 3 aromatic rings. The van der Waals surface area contributed by atoms with Crippen molar-refractivity contribution in [1.82, 2.24) is 9.97 Å². The molecule has 1 N–H and O–H groups in total. The maximum absolute atomic E-state index is 13.0. The van der Waals surface area contributed by atoms with Crippen LogP contribution in [0.1, 0.15) is 35.2 Å². The van der Waals surface area contributed by atoms with Crippen LogP contribution >= 0.6 is 11.3 Å². The molecular weight excluding hydrogens is 347 g/mol. The molecular formula is C18H16F3N3S. The first kappa shape index (κ1) is 16.3. The first-order chi connectivity index (χ1) is 12.0. The van der Waals surface area contributed by atoms with E-state index in [2.05, 4.69) is 15.3 Å². The molecule has 1 aliphatic carbocycles. The Balaban J connectivity index is 1.81. The fourth-order valence-electron chi connectivity index (χ4n) is 3.20. The van der Waals surface area contributed by atoms with Gasteiger partial charge in [-0.3, -0.25) is 0 Å². The number of benzene rings is 1. The van der Waals surface area contributed by atoms with E-state index in [4.69, 9.17) is 0 Å². The van der Waals surface area contributed by atoms with Crippen LogP contribution in [0.5, 0.6) is 0 Å². The van der Waals surface area contributed by atoms with Crippen molar-refractivity contribution in [3.05, 3.63) is 46.1 Å². The molecule has 0 aliphatic heterocycles. The minimum Gasteiger partial charge on any atom is -0.340 e. The molecule has 0 saturated heterocycles. The predicted octanol–water partition coefficient (Wildman–Crippen LogP) is 5.50. The number of anilines is 2. The summed E-state index contributed by atoms with van der Waals surface area (Å²) >= 11 is 1.68. The standard InChI is InChI=1S/C18H16F3N3S/c1-2-14-23-16(15-12-7-4-8-13(12)25-17(15)24-14)22-11-6-3-5-10(9-11)18(19,20)21/h3,5-6,9H,2,4,7-8H2,1H3,(H,22,23,24). The topological polar surface area (TPSA) is 37.8 Å². The van der Waals surface area contributed by atoms with Crippen LogP contribution < -0.4 is 5.32 Å². The Morgan fingerprint density at radius 2 is 2.04 bits per heavy atom. The molecule has 0 unspecified atom stereocenters. The van der Waals surface area contributed by atoms with Gasteiger partial charge in [0.05, 0.1) is 10.9 Å². The lowest BCUT2D eigenvalue weighted by Crippen LogP contribution is -2.06. The van der Waals surface area contributed by atoms with Crippen LogP contribution in [0.4, 0.5) is 24.7 Å². The van der Waals surface area contributed by atoms with Crippen molar-refractivity contribution in [2.75, 3.05) is 5.32 Å². The van der Waals surface area contributed by atoms with Gasteiger partial charge < -0.3 is 5.32 Å². The average Bonchev–Trinajstić information content (AvgIpc) is 3.14. The highest BCUT2D eigenvalue weighted by atomic mass is 32.1. The molecule has 2 heterocycles. The van der Waals surface area contributed by atoms with Crippen LogP contribution in [-0.4, -0.2) is 9.97 Å². The largest absolute Gasteiger partial charge is 0.416 e. The molecule has 0 bridgehead atoms. The number of fused-ring (bicyclic) bond motifs is 3. The van der Waals surface area contributed by atoms with Crippen molar-refractivity contribution in [3.63, 3.8) is 0 Å². The normalized spacial score (nSPS) is 14.1. The summed E-state index contributed by atoms with van der Waals surface area (Å²) in [5.74, 6) is 1.31. The van der Waals surface area contributed by atoms with Crippen LogP contribution in [0.15, 0.2) is 24.3 Å². The van der Waals surface area contributed by atoms with Crippen LogP contribution in [0, 0.1) is 0 Å². The van der Waals surface area contributed by atoms with Crippen LogP contribution in [-0.2, 0) is 25.4 Å². The zero-order valence-corrected chi connectivity index (χ0v) is 14.4. The number of halogens is 3. The summed E-state index contributed by atoms with van der Waals surface area (Å²) in [4.78, 5) is 11.4. The number of hydrogen-bond donors (Lipinski definition) is 1. The van der Waals surface area contributed by atoms with Gasteiger partial charge in [-0.15, -0.1) is 11.3 Å². The SMILES string of the molecule is CCc1nc(Nc2cccc(C(F)(F)F)c2)c2c3c(sc2n1)CCC3. The molecule has 1 aliphatic rings. The van der Waals surface area contributed by atoms with Gasteiger partial charge in [0.15, 0.2) is 0 Å². The fraction of sp³-hybridized carbons (Fsp3) is 0.333. The van der Waals surface area contributed by atoms with Gasteiger partial charge in [-0.1, -0.05) is 13.0 Å². The minimum atomic E-state index is -4.36. The summed E-state index contributed by atoms with van der Waals surface area (Å²) < 4.78 is 38.9. The second-order valence-electron chi connectivity index (χ2n) is 6.08. The second-order valence-corrected chi connectivity index (χ2v) is 7.17. The van der Waals surface area contributed by atoms with E-state index in [1.807, 2.05) is 6.92 Å². The summed E-state index contributed by atoms with van der Waals surface area (Å²) in [6.07, 6.45) is -0.565. The lowest BCUT2D eigenvalue weighted by Gasteiger charge is -2.12. The highest BCUT2D eigenvalue weighted by molar-refractivity contribution is 7.19. The molecule has 0 radical (unpaired) electrons. The van der Waals surface area contributed by atoms with Crippen molar-refractivity contribution in [2.45, 2.75) is 38.8 Å². The Labute approximate surface area is 146 Å². The number of rotatable bonds is 3. The molecule has 7 heteroatoms. The van der Waals surface area contributed by atoms with Crippen molar-refractivity contribution < 1.29 is 13.2 Å². The van der Waals surface area contributed by atoms with Gasteiger partial charge in [-0.2, -0.15) is 13.2 Å². The molecule has 3 nitrogen and oxygen atoms in total. The Morgan fingerprint density at radius 1 is 1.20 bits per heavy atom. The smallest absolute Gasteiger partial charge is 0.340 e. The third kappa shape index (κ3) is 2.97. The summed E-state index contributed by atoms with van der Waals surface area (Å²) in [5.41, 5.74) is 0.959. The summed E-state index contributed by atoms with van der Waals surface area (Å²) in [5, 5.41) is 4.07. The fourth-order valence-corrected chi connectivity index (χ4v) is 4.48. The van der Waals surface area contributed by atoms with E-state index in [-0.39, 0.29) is 0 Å². The molecule has 0 fully saturated rings. The first-order valence-electron chi connectivity index (χ1n) is 8.21. The molecule has 0 amide bonds. The van der Waals surface area contributed by atoms with E-state index < -0.39 is 11.7 Å². The number of nitrogens with one attached hydrogen (secondary N) is 1. The van der Waals surface area contributed by atoms with Gasteiger partial charge in [0, 0.05) is 17.0 Å². The van der Waals surface area contributed by atoms with E-state index in [9.17, 15) is 13.2 Å². The number of aromatic nitrogens is 2. The summed E-state index contributed by atoms with van der Waals surface area (Å²) in [6, 6.07) is 5.22. The van der Waals surface area contributed by atoms with E-state index in [0.717, 1.165) is 41.6 Å². The molecule has 2 aromatic heterocycles. The monoisotopic (exact) mass is 363 g/mol. The molecule has 130 valence electrons. The quantitative estimate of drug-likeness (QED) is 0.667. The van der Waals surface area contributed by atoms with Gasteiger partial charge in [0.1, 0.15) is 16.5 Å². The molecule has 1 aromatic carbocycles. The van der Waals surface area contributed by atoms with E-state index in [0.29, 0.717) is 23.8 Å². The van der Waals surface area contributed by atoms with Crippen molar-refractivity contribution in [2.24, 2.45) is 0 Å². The number of thiophene rings is 1. The third-order valence-corrected chi connectivity index (χ3v) is 5.57. The van der Waals surface area contributed by atoms with E-state index in [1.165, 1.54) is 16.5 Å². The maximum atomic E-state index is 13.0. The molecule has 25 heavy (non-hydrogen) atoms. The van der Waals surface area contributed by atoms with Crippen LogP contribution in [0.25, 0.3) is 10.2 Å². The van der Waals surface area contributed by atoms with Crippen LogP contribution in [0.3, 0.4) is 0 Å². The Hall–Kier alpha value is -2.15. The average molecular weight is 363 g/mol. The zero-order chi connectivity index (χ0) is 17.6. The second kappa shape index (κ2) is 5.98. The minimum absolute atomic E-state index is 0.384. The van der Waals surface area contributed by atoms with Gasteiger partial charge in [-0.05, 0) is 43.0 Å². The summed E-state index contributed by atoms with van der Waals surface area (Å²) in [6.45, 7) is 1.97. The summed E-state index contributed by atoms with van der Waals surface area (Å²) in [7, 11) is 0. The van der Waals surface area contributed by atoms with Gasteiger partial charge in [0.2, 0.25) is 0 Å². The lowest BCUT2D eigenvalue weighted by atomic mass is 10.1. The van der Waals surface area contributed by atoms with Crippen molar-refractivity contribution in [3.8, 4) is 0 Å². The first-order valence-corrected chi connectivity index (χ1v) is 9.03. The zero-order valence-electron chi connectivity index (χ0n) is 13.6. The molecule has 0 spiro atoms. The molecule has 4 rings (SSSR count). The van der Waals surface area contributed by atoms with E-state index >= 15 is 0 Å². The maximum Gasteiger partial charge on any atom is 0.416 e. The Kier molecular flexibility index (Phi) is 3.91. The Bertz CT molecular complexity index is 947. The van der Waals surface area contributed by atoms with Gasteiger partial charge >= 0.3 is 6.18 Å². The number of nitrogens with zero attached hydrogens (tertiary/aromatic N) is 2. The van der Waals surface area contributed by atoms with E-state index in [1.54, 1.807) is 17.4 Å². The van der Waals surface area contributed by atoms with Crippen LogP contribution in [0.2, 0.25) is 0 Å². The Morgan fingerprint density at radius 3 is 2.80 bits per heavy atom. The van der Waals surface area contributed by atoms with Gasteiger partial charge in [0.25, 0.3) is 0 Å². The molecule has 0 atom stereocenters. The predicted molar refractivity (Wildman–Crippen MR) is 93.5 cm³/mol. The number of aryl methyl sites for hydroxylation is 3. The highest BCUT2D eigenvalue weighted by Gasteiger charge is 2.30. The number of alkyl halides is 3.